The molecule has 0 radical (unpaired) electrons. The van der Waals surface area contributed by atoms with Crippen molar-refractivity contribution in [2.75, 3.05) is 13.1 Å². The smallest absolute Gasteiger partial charge is 0.191 e. The molecule has 0 aliphatic heterocycles. The van der Waals surface area contributed by atoms with E-state index in [4.69, 9.17) is 0 Å². The van der Waals surface area contributed by atoms with E-state index in [1.54, 1.807) is 6.92 Å². The fourth-order valence-corrected chi connectivity index (χ4v) is 3.71. The number of benzene rings is 1. The highest BCUT2D eigenvalue weighted by Gasteiger charge is 2.42. The van der Waals surface area contributed by atoms with Crippen molar-refractivity contribution in [2.24, 2.45) is 4.99 Å². The summed E-state index contributed by atoms with van der Waals surface area (Å²) in [4.78, 5) is 5.30. The van der Waals surface area contributed by atoms with E-state index < -0.39 is 17.2 Å². The Morgan fingerprint density at radius 1 is 1.31 bits per heavy atom. The zero-order chi connectivity index (χ0) is 18.7. The molecule has 26 heavy (non-hydrogen) atoms. The maximum absolute atomic E-state index is 13.9. The molecule has 2 aromatic rings. The van der Waals surface area contributed by atoms with Gasteiger partial charge >= 0.3 is 0 Å². The van der Waals surface area contributed by atoms with Gasteiger partial charge in [0.05, 0.1) is 6.54 Å². The summed E-state index contributed by atoms with van der Waals surface area (Å²) in [5.41, 5.74) is -0.927. The third-order valence-electron chi connectivity index (χ3n) is 4.42. The number of rotatable bonds is 6. The van der Waals surface area contributed by atoms with Crippen LogP contribution in [0.25, 0.3) is 0 Å². The molecule has 140 valence electrons. The minimum atomic E-state index is -1.06. The van der Waals surface area contributed by atoms with Gasteiger partial charge in [-0.1, -0.05) is 12.1 Å². The number of nitrogens with one attached hydrogen (secondary N) is 2. The Labute approximate surface area is 156 Å². The van der Waals surface area contributed by atoms with E-state index in [1.807, 2.05) is 24.4 Å². The Kier molecular flexibility index (Phi) is 5.58. The fraction of sp³-hybridized carbons (Fsp3) is 0.421. The molecule has 3 rings (SSSR count). The average molecular weight is 379 g/mol. The number of halogens is 2. The van der Waals surface area contributed by atoms with Crippen LogP contribution < -0.4 is 10.6 Å². The lowest BCUT2D eigenvalue weighted by molar-refractivity contribution is 0.0711. The predicted molar refractivity (Wildman–Crippen MR) is 101 cm³/mol. The van der Waals surface area contributed by atoms with E-state index in [0.717, 1.165) is 4.88 Å². The van der Waals surface area contributed by atoms with Gasteiger partial charge in [0.1, 0.15) is 17.2 Å². The molecule has 3 unspecified atom stereocenters. The van der Waals surface area contributed by atoms with Crippen LogP contribution in [0.2, 0.25) is 0 Å². The number of hydrogen-bond donors (Lipinski definition) is 3. The zero-order valence-corrected chi connectivity index (χ0v) is 15.6. The molecule has 7 heteroatoms. The summed E-state index contributed by atoms with van der Waals surface area (Å²) in [6.45, 7) is 4.50. The van der Waals surface area contributed by atoms with Gasteiger partial charge in [-0.2, -0.15) is 0 Å². The van der Waals surface area contributed by atoms with E-state index in [9.17, 15) is 13.9 Å². The summed E-state index contributed by atoms with van der Waals surface area (Å²) in [5, 5.41) is 18.8. The summed E-state index contributed by atoms with van der Waals surface area (Å²) in [6.07, 6.45) is 0.642. The SMILES string of the molecule is CCNC(=NCC(C)(O)c1cccs1)NC1CC1c1c(F)cccc1F. The van der Waals surface area contributed by atoms with Gasteiger partial charge in [-0.15, -0.1) is 11.3 Å². The van der Waals surface area contributed by atoms with Gasteiger partial charge in [-0.05, 0) is 43.8 Å². The third-order valence-corrected chi connectivity index (χ3v) is 5.55. The Balaban J connectivity index is 1.66. The molecule has 1 aromatic carbocycles. The van der Waals surface area contributed by atoms with Crippen molar-refractivity contribution in [2.45, 2.75) is 37.8 Å². The second-order valence-corrected chi connectivity index (χ2v) is 7.62. The molecule has 1 aliphatic rings. The Morgan fingerprint density at radius 3 is 2.65 bits per heavy atom. The minimum Gasteiger partial charge on any atom is -0.383 e. The largest absolute Gasteiger partial charge is 0.383 e. The van der Waals surface area contributed by atoms with Crippen LogP contribution in [0.4, 0.5) is 8.78 Å². The van der Waals surface area contributed by atoms with Crippen LogP contribution in [0.1, 0.15) is 36.6 Å². The maximum Gasteiger partial charge on any atom is 0.191 e. The van der Waals surface area contributed by atoms with Crippen LogP contribution in [0, 0.1) is 11.6 Å². The highest BCUT2D eigenvalue weighted by atomic mass is 32.1. The average Bonchev–Trinajstić information content (AvgIpc) is 3.10. The van der Waals surface area contributed by atoms with E-state index in [1.165, 1.54) is 29.5 Å². The zero-order valence-electron chi connectivity index (χ0n) is 14.8. The number of thiophene rings is 1. The first-order valence-electron chi connectivity index (χ1n) is 8.67. The summed E-state index contributed by atoms with van der Waals surface area (Å²) in [5.74, 6) is -0.699. The first-order chi connectivity index (χ1) is 12.4. The van der Waals surface area contributed by atoms with E-state index >= 15 is 0 Å². The molecule has 0 spiro atoms. The number of guanidine groups is 1. The second kappa shape index (κ2) is 7.72. The standard InChI is InChI=1S/C19H23F2N3OS/c1-3-22-18(23-11-19(2,25)16-8-5-9-26-16)24-15-10-12(15)17-13(20)6-4-7-14(17)21/h4-9,12,15,25H,3,10-11H2,1-2H3,(H2,22,23,24). The lowest BCUT2D eigenvalue weighted by Gasteiger charge is -2.20. The number of hydrogen-bond acceptors (Lipinski definition) is 3. The molecule has 3 N–H and O–H groups in total. The molecule has 0 saturated heterocycles. The van der Waals surface area contributed by atoms with Crippen molar-refractivity contribution >= 4 is 17.3 Å². The number of aliphatic imine (C=N–C) groups is 1. The van der Waals surface area contributed by atoms with Gasteiger partial charge in [0, 0.05) is 28.9 Å². The van der Waals surface area contributed by atoms with Gasteiger partial charge in [-0.25, -0.2) is 13.8 Å². The summed E-state index contributed by atoms with van der Waals surface area (Å²) in [7, 11) is 0. The Morgan fingerprint density at radius 2 is 2.04 bits per heavy atom. The van der Waals surface area contributed by atoms with Crippen LogP contribution in [0.5, 0.6) is 0 Å². The molecular formula is C19H23F2N3OS. The molecule has 4 nitrogen and oxygen atoms in total. The van der Waals surface area contributed by atoms with Crippen molar-refractivity contribution in [1.82, 2.24) is 10.6 Å². The maximum atomic E-state index is 13.9. The van der Waals surface area contributed by atoms with Crippen LogP contribution in [0.15, 0.2) is 40.7 Å². The molecular weight excluding hydrogens is 356 g/mol. The van der Waals surface area contributed by atoms with Gasteiger partial charge in [-0.3, -0.25) is 0 Å². The van der Waals surface area contributed by atoms with Crippen molar-refractivity contribution in [3.63, 3.8) is 0 Å². The van der Waals surface area contributed by atoms with Crippen molar-refractivity contribution in [3.8, 4) is 0 Å². The minimum absolute atomic E-state index is 0.0779. The van der Waals surface area contributed by atoms with Crippen LogP contribution in [0.3, 0.4) is 0 Å². The predicted octanol–water partition coefficient (Wildman–Crippen LogP) is 3.35. The normalized spacial score (nSPS) is 22.0. The topological polar surface area (TPSA) is 56.7 Å². The van der Waals surface area contributed by atoms with E-state index in [2.05, 4.69) is 15.6 Å². The van der Waals surface area contributed by atoms with Gasteiger partial charge in [0.25, 0.3) is 0 Å². The molecule has 1 fully saturated rings. The molecule has 1 aromatic heterocycles. The summed E-state index contributed by atoms with van der Waals surface area (Å²) in [6, 6.07) is 7.62. The molecule has 3 atom stereocenters. The van der Waals surface area contributed by atoms with E-state index in [-0.39, 0.29) is 24.1 Å². The molecule has 1 heterocycles. The summed E-state index contributed by atoms with van der Waals surface area (Å²) < 4.78 is 27.8. The van der Waals surface area contributed by atoms with Crippen LogP contribution in [-0.4, -0.2) is 30.2 Å². The monoisotopic (exact) mass is 379 g/mol. The van der Waals surface area contributed by atoms with Crippen molar-refractivity contribution in [3.05, 3.63) is 57.8 Å². The fourth-order valence-electron chi connectivity index (χ4n) is 2.93. The molecule has 0 amide bonds. The Bertz CT molecular complexity index is 757. The number of nitrogens with zero attached hydrogens (tertiary/aromatic N) is 1. The van der Waals surface area contributed by atoms with Gasteiger partial charge < -0.3 is 15.7 Å². The molecule has 0 bridgehead atoms. The Hall–Kier alpha value is -1.99. The van der Waals surface area contributed by atoms with E-state index in [0.29, 0.717) is 18.9 Å². The van der Waals surface area contributed by atoms with Crippen LogP contribution in [-0.2, 0) is 5.60 Å². The molecule has 1 aliphatic carbocycles. The number of aliphatic hydroxyl groups is 1. The van der Waals surface area contributed by atoms with Gasteiger partial charge in [0.15, 0.2) is 5.96 Å². The quantitative estimate of drug-likeness (QED) is 0.533. The van der Waals surface area contributed by atoms with Crippen LogP contribution >= 0.6 is 11.3 Å². The highest BCUT2D eigenvalue weighted by molar-refractivity contribution is 7.10. The highest BCUT2D eigenvalue weighted by Crippen LogP contribution is 2.43. The lowest BCUT2D eigenvalue weighted by Crippen LogP contribution is -2.40. The van der Waals surface area contributed by atoms with Crippen molar-refractivity contribution in [1.29, 1.82) is 0 Å². The third kappa shape index (κ3) is 4.22. The second-order valence-electron chi connectivity index (χ2n) is 6.67. The lowest BCUT2D eigenvalue weighted by atomic mass is 10.1. The van der Waals surface area contributed by atoms with Crippen molar-refractivity contribution < 1.29 is 13.9 Å². The van der Waals surface area contributed by atoms with Gasteiger partial charge in [0.2, 0.25) is 0 Å². The first-order valence-corrected chi connectivity index (χ1v) is 9.55. The summed E-state index contributed by atoms with van der Waals surface area (Å²) >= 11 is 1.48. The molecule has 1 saturated carbocycles. The first kappa shape index (κ1) is 18.8.